The van der Waals surface area contributed by atoms with Crippen LogP contribution in [0.2, 0.25) is 5.02 Å². The van der Waals surface area contributed by atoms with Crippen molar-refractivity contribution in [3.05, 3.63) is 27.4 Å². The first kappa shape index (κ1) is 15.1. The number of benzene rings is 1. The van der Waals surface area contributed by atoms with Crippen LogP contribution in [0.3, 0.4) is 0 Å². The molecule has 1 aliphatic rings. The Morgan fingerprint density at radius 1 is 1.42 bits per heavy atom. The van der Waals surface area contributed by atoms with Gasteiger partial charge in [-0.2, -0.15) is 0 Å². The predicted octanol–water partition coefficient (Wildman–Crippen LogP) is 5.87. The van der Waals surface area contributed by atoms with Gasteiger partial charge in [0.25, 0.3) is 0 Å². The fraction of sp³-hybridized carbons (Fsp3) is 0.600. The molecule has 1 aliphatic carbocycles. The van der Waals surface area contributed by atoms with E-state index in [-0.39, 0.29) is 5.82 Å². The highest BCUT2D eigenvalue weighted by Crippen LogP contribution is 2.41. The molecule has 0 bridgehead atoms. The molecule has 0 amide bonds. The van der Waals surface area contributed by atoms with Crippen molar-refractivity contribution < 1.29 is 4.39 Å². The van der Waals surface area contributed by atoms with Crippen LogP contribution in [0.1, 0.15) is 40.0 Å². The van der Waals surface area contributed by atoms with Crippen molar-refractivity contribution in [3.8, 4) is 0 Å². The van der Waals surface area contributed by atoms with E-state index in [0.717, 1.165) is 12.1 Å². The number of hydrogen-bond donors (Lipinski definition) is 1. The fourth-order valence-electron chi connectivity index (χ4n) is 3.03. The molecule has 1 aromatic carbocycles. The lowest BCUT2D eigenvalue weighted by Crippen LogP contribution is -2.37. The number of anilines is 1. The molecule has 2 unspecified atom stereocenters. The molecule has 1 N–H and O–H groups in total. The van der Waals surface area contributed by atoms with Crippen molar-refractivity contribution in [2.45, 2.75) is 46.1 Å². The summed E-state index contributed by atoms with van der Waals surface area (Å²) in [5.41, 5.74) is 1.22. The van der Waals surface area contributed by atoms with Gasteiger partial charge in [-0.05, 0) is 58.7 Å². The van der Waals surface area contributed by atoms with Gasteiger partial charge in [0.05, 0.1) is 10.7 Å². The van der Waals surface area contributed by atoms with Gasteiger partial charge in [0, 0.05) is 10.5 Å². The molecule has 2 rings (SSSR count). The Labute approximate surface area is 128 Å². The normalized spacial score (nSPS) is 26.2. The topological polar surface area (TPSA) is 12.0 Å². The first-order valence-corrected chi connectivity index (χ1v) is 7.87. The number of nitrogens with one attached hydrogen (secondary N) is 1. The zero-order valence-corrected chi connectivity index (χ0v) is 13.9. The molecule has 1 fully saturated rings. The van der Waals surface area contributed by atoms with Crippen molar-refractivity contribution in [2.24, 2.45) is 11.3 Å². The van der Waals surface area contributed by atoms with Crippen LogP contribution in [0, 0.1) is 17.2 Å². The highest BCUT2D eigenvalue weighted by atomic mass is 79.9. The molecule has 1 nitrogen and oxygen atoms in total. The monoisotopic (exact) mass is 347 g/mol. The van der Waals surface area contributed by atoms with Crippen LogP contribution in [0.4, 0.5) is 10.1 Å². The average molecular weight is 349 g/mol. The SMILES string of the molecule is CC1CC(C)(C)CCC1Nc1c(Cl)cc(F)cc1Br. The van der Waals surface area contributed by atoms with E-state index in [2.05, 4.69) is 42.0 Å². The van der Waals surface area contributed by atoms with Crippen LogP contribution < -0.4 is 5.32 Å². The van der Waals surface area contributed by atoms with Crippen molar-refractivity contribution >= 4 is 33.2 Å². The Hall–Kier alpha value is -0.280. The maximum atomic E-state index is 13.2. The quantitative estimate of drug-likeness (QED) is 0.705. The zero-order chi connectivity index (χ0) is 14.2. The molecule has 0 saturated heterocycles. The molecule has 0 heterocycles. The highest BCUT2D eigenvalue weighted by Gasteiger charge is 2.32. The standard InChI is InChI=1S/C15H20BrClFN/c1-9-8-15(2,3)5-4-13(9)19-14-11(16)6-10(18)7-12(14)17/h6-7,9,13,19H,4-5,8H2,1-3H3. The molecular formula is C15H20BrClFN. The van der Waals surface area contributed by atoms with Crippen molar-refractivity contribution in [1.29, 1.82) is 0 Å². The minimum atomic E-state index is -0.319. The minimum absolute atomic E-state index is 0.319. The Morgan fingerprint density at radius 3 is 2.68 bits per heavy atom. The third-order valence-corrected chi connectivity index (χ3v) is 4.95. The van der Waals surface area contributed by atoms with Gasteiger partial charge in [-0.25, -0.2) is 4.39 Å². The summed E-state index contributed by atoms with van der Waals surface area (Å²) in [6.07, 6.45) is 3.51. The zero-order valence-electron chi connectivity index (χ0n) is 11.6. The molecule has 106 valence electrons. The van der Waals surface area contributed by atoms with E-state index >= 15 is 0 Å². The van der Waals surface area contributed by atoms with Crippen LogP contribution in [-0.2, 0) is 0 Å². The van der Waals surface area contributed by atoms with E-state index in [1.807, 2.05) is 0 Å². The summed E-state index contributed by atoms with van der Waals surface area (Å²) in [4.78, 5) is 0. The molecule has 19 heavy (non-hydrogen) atoms. The average Bonchev–Trinajstić information content (AvgIpc) is 2.24. The largest absolute Gasteiger partial charge is 0.380 e. The second-order valence-electron chi connectivity index (χ2n) is 6.38. The molecule has 0 aliphatic heterocycles. The summed E-state index contributed by atoms with van der Waals surface area (Å²) in [6.45, 7) is 6.91. The van der Waals surface area contributed by atoms with Gasteiger partial charge in [-0.1, -0.05) is 32.4 Å². The summed E-state index contributed by atoms with van der Waals surface area (Å²) in [5.74, 6) is 0.261. The first-order chi connectivity index (χ1) is 8.78. The van der Waals surface area contributed by atoms with E-state index in [1.165, 1.54) is 25.0 Å². The first-order valence-electron chi connectivity index (χ1n) is 6.69. The van der Waals surface area contributed by atoms with Crippen molar-refractivity contribution in [1.82, 2.24) is 0 Å². The summed E-state index contributed by atoms with van der Waals surface area (Å²) >= 11 is 9.51. The van der Waals surface area contributed by atoms with E-state index in [4.69, 9.17) is 11.6 Å². The maximum Gasteiger partial charge on any atom is 0.125 e. The summed E-state index contributed by atoms with van der Waals surface area (Å²) in [6, 6.07) is 3.20. The van der Waals surface area contributed by atoms with Gasteiger partial charge in [0.15, 0.2) is 0 Å². The lowest BCUT2D eigenvalue weighted by atomic mass is 9.70. The van der Waals surface area contributed by atoms with Gasteiger partial charge < -0.3 is 5.32 Å². The molecule has 0 spiro atoms. The van der Waals surface area contributed by atoms with E-state index < -0.39 is 0 Å². The van der Waals surface area contributed by atoms with Gasteiger partial charge in [0.2, 0.25) is 0 Å². The molecular weight excluding hydrogens is 329 g/mol. The van der Waals surface area contributed by atoms with Gasteiger partial charge >= 0.3 is 0 Å². The third-order valence-electron chi connectivity index (χ3n) is 4.03. The van der Waals surface area contributed by atoms with Crippen LogP contribution in [0.15, 0.2) is 16.6 Å². The molecule has 0 aromatic heterocycles. The van der Waals surface area contributed by atoms with Crippen molar-refractivity contribution in [3.63, 3.8) is 0 Å². The molecule has 1 aromatic rings. The van der Waals surface area contributed by atoms with Crippen LogP contribution >= 0.6 is 27.5 Å². The Morgan fingerprint density at radius 2 is 2.11 bits per heavy atom. The predicted molar refractivity (Wildman–Crippen MR) is 83.3 cm³/mol. The Balaban J connectivity index is 2.14. The third kappa shape index (κ3) is 3.63. The molecule has 4 heteroatoms. The van der Waals surface area contributed by atoms with E-state index in [9.17, 15) is 4.39 Å². The number of hydrogen-bond acceptors (Lipinski definition) is 1. The number of halogens is 3. The smallest absolute Gasteiger partial charge is 0.125 e. The summed E-state index contributed by atoms with van der Waals surface area (Å²) < 4.78 is 13.9. The lowest BCUT2D eigenvalue weighted by molar-refractivity contribution is 0.177. The van der Waals surface area contributed by atoms with Crippen LogP contribution in [0.5, 0.6) is 0 Å². The second kappa shape index (κ2) is 5.61. The summed E-state index contributed by atoms with van der Waals surface area (Å²) in [7, 11) is 0. The molecule has 1 saturated carbocycles. The molecule has 0 radical (unpaired) electrons. The highest BCUT2D eigenvalue weighted by molar-refractivity contribution is 9.10. The maximum absolute atomic E-state index is 13.2. The number of rotatable bonds is 2. The summed E-state index contributed by atoms with van der Waals surface area (Å²) in [5, 5.41) is 3.92. The van der Waals surface area contributed by atoms with E-state index in [1.54, 1.807) is 0 Å². The fourth-order valence-corrected chi connectivity index (χ4v) is 3.95. The van der Waals surface area contributed by atoms with E-state index in [0.29, 0.717) is 26.9 Å². The van der Waals surface area contributed by atoms with Crippen molar-refractivity contribution in [2.75, 3.05) is 5.32 Å². The lowest BCUT2D eigenvalue weighted by Gasteiger charge is -2.40. The van der Waals surface area contributed by atoms with Crippen LogP contribution in [0.25, 0.3) is 0 Å². The Kier molecular flexibility index (Phi) is 4.46. The van der Waals surface area contributed by atoms with Gasteiger partial charge in [-0.15, -0.1) is 0 Å². The minimum Gasteiger partial charge on any atom is -0.380 e. The van der Waals surface area contributed by atoms with Gasteiger partial charge in [0.1, 0.15) is 5.82 Å². The van der Waals surface area contributed by atoms with Gasteiger partial charge in [-0.3, -0.25) is 0 Å². The Bertz CT molecular complexity index is 452. The molecule has 2 atom stereocenters. The second-order valence-corrected chi connectivity index (χ2v) is 7.64. The van der Waals surface area contributed by atoms with Crippen LogP contribution in [-0.4, -0.2) is 6.04 Å².